The van der Waals surface area contributed by atoms with E-state index in [0.29, 0.717) is 5.92 Å². The zero-order valence-electron chi connectivity index (χ0n) is 6.30. The lowest BCUT2D eigenvalue weighted by atomic mass is 9.71. The highest BCUT2D eigenvalue weighted by atomic mass is 16.3. The number of rotatable bonds is 2. The molecule has 9 heavy (non-hydrogen) atoms. The van der Waals surface area contributed by atoms with Crippen LogP contribution in [0.5, 0.6) is 0 Å². The molecule has 0 amide bonds. The van der Waals surface area contributed by atoms with Crippen molar-refractivity contribution in [3.8, 4) is 0 Å². The van der Waals surface area contributed by atoms with Crippen LogP contribution in [0.25, 0.3) is 0 Å². The molecule has 1 aliphatic carbocycles. The summed E-state index contributed by atoms with van der Waals surface area (Å²) in [5, 5.41) is 9.35. The van der Waals surface area contributed by atoms with Gasteiger partial charge < -0.3 is 5.11 Å². The normalized spacial score (nSPS) is 37.7. The van der Waals surface area contributed by atoms with E-state index in [2.05, 4.69) is 13.8 Å². The first-order valence-corrected chi connectivity index (χ1v) is 3.93. The van der Waals surface area contributed by atoms with Gasteiger partial charge in [-0.15, -0.1) is 0 Å². The Bertz CT molecular complexity index is 90.6. The van der Waals surface area contributed by atoms with Crippen molar-refractivity contribution in [2.24, 2.45) is 11.8 Å². The standard InChI is InChI=1S/C8H16O/c1-3-8(9)7-5-4-6(7)2/h6-9H,3-5H2,1-2H3. The van der Waals surface area contributed by atoms with Gasteiger partial charge in [0.1, 0.15) is 0 Å². The van der Waals surface area contributed by atoms with Crippen molar-refractivity contribution in [3.05, 3.63) is 0 Å². The Balaban J connectivity index is 2.25. The first-order valence-electron chi connectivity index (χ1n) is 3.93. The summed E-state index contributed by atoms with van der Waals surface area (Å²) in [5.74, 6) is 1.40. The lowest BCUT2D eigenvalue weighted by Crippen LogP contribution is -2.33. The molecule has 3 atom stereocenters. The van der Waals surface area contributed by atoms with Crippen LogP contribution in [0.1, 0.15) is 33.1 Å². The zero-order chi connectivity index (χ0) is 6.85. The highest BCUT2D eigenvalue weighted by molar-refractivity contribution is 4.82. The van der Waals surface area contributed by atoms with Crippen LogP contribution in [-0.2, 0) is 0 Å². The SMILES string of the molecule is CCC(O)C1CCC1C. The Morgan fingerprint density at radius 1 is 1.56 bits per heavy atom. The molecule has 0 saturated heterocycles. The molecule has 0 aromatic heterocycles. The zero-order valence-corrected chi connectivity index (χ0v) is 6.30. The third kappa shape index (κ3) is 1.26. The lowest BCUT2D eigenvalue weighted by molar-refractivity contribution is 0.0187. The predicted molar refractivity (Wildman–Crippen MR) is 38.2 cm³/mol. The van der Waals surface area contributed by atoms with E-state index in [1.54, 1.807) is 0 Å². The Hall–Kier alpha value is -0.0400. The third-order valence-corrected chi connectivity index (χ3v) is 2.60. The molecule has 0 radical (unpaired) electrons. The number of hydrogen-bond acceptors (Lipinski definition) is 1. The summed E-state index contributed by atoms with van der Waals surface area (Å²) in [4.78, 5) is 0. The topological polar surface area (TPSA) is 20.2 Å². The maximum absolute atomic E-state index is 9.35. The van der Waals surface area contributed by atoms with Gasteiger partial charge in [0, 0.05) is 0 Å². The van der Waals surface area contributed by atoms with Crippen molar-refractivity contribution in [2.45, 2.75) is 39.2 Å². The number of aliphatic hydroxyl groups is 1. The fourth-order valence-corrected chi connectivity index (χ4v) is 1.57. The fraction of sp³-hybridized carbons (Fsp3) is 1.00. The summed E-state index contributed by atoms with van der Waals surface area (Å²) in [6, 6.07) is 0. The van der Waals surface area contributed by atoms with Crippen LogP contribution in [0, 0.1) is 11.8 Å². The summed E-state index contributed by atoms with van der Waals surface area (Å²) in [7, 11) is 0. The Morgan fingerprint density at radius 3 is 2.33 bits per heavy atom. The highest BCUT2D eigenvalue weighted by Gasteiger charge is 2.31. The fourth-order valence-electron chi connectivity index (χ4n) is 1.57. The van der Waals surface area contributed by atoms with Crippen LogP contribution >= 0.6 is 0 Å². The molecule has 1 fully saturated rings. The average molecular weight is 128 g/mol. The van der Waals surface area contributed by atoms with Crippen LogP contribution in [-0.4, -0.2) is 11.2 Å². The van der Waals surface area contributed by atoms with Gasteiger partial charge in [0.15, 0.2) is 0 Å². The van der Waals surface area contributed by atoms with E-state index < -0.39 is 0 Å². The molecule has 1 aliphatic rings. The maximum atomic E-state index is 9.35. The van der Waals surface area contributed by atoms with Gasteiger partial charge >= 0.3 is 0 Å². The van der Waals surface area contributed by atoms with Crippen LogP contribution in [0.4, 0.5) is 0 Å². The van der Waals surface area contributed by atoms with E-state index in [9.17, 15) is 5.11 Å². The van der Waals surface area contributed by atoms with E-state index in [0.717, 1.165) is 12.3 Å². The maximum Gasteiger partial charge on any atom is 0.0568 e. The van der Waals surface area contributed by atoms with E-state index in [-0.39, 0.29) is 6.10 Å². The highest BCUT2D eigenvalue weighted by Crippen LogP contribution is 2.36. The van der Waals surface area contributed by atoms with Gasteiger partial charge in [0.05, 0.1) is 6.10 Å². The Kier molecular flexibility index (Phi) is 2.12. The predicted octanol–water partition coefficient (Wildman–Crippen LogP) is 1.80. The average Bonchev–Trinajstić information content (AvgIpc) is 1.84. The van der Waals surface area contributed by atoms with Gasteiger partial charge in [-0.1, -0.05) is 13.8 Å². The van der Waals surface area contributed by atoms with E-state index in [1.165, 1.54) is 12.8 Å². The van der Waals surface area contributed by atoms with Crippen LogP contribution in [0.2, 0.25) is 0 Å². The summed E-state index contributed by atoms with van der Waals surface area (Å²) in [6.07, 6.45) is 3.47. The molecule has 1 saturated carbocycles. The second kappa shape index (κ2) is 2.70. The molecule has 0 aromatic carbocycles. The van der Waals surface area contributed by atoms with Gasteiger partial charge in [0.25, 0.3) is 0 Å². The largest absolute Gasteiger partial charge is 0.393 e. The molecule has 0 aromatic rings. The molecule has 1 rings (SSSR count). The van der Waals surface area contributed by atoms with Crippen molar-refractivity contribution in [3.63, 3.8) is 0 Å². The summed E-state index contributed by atoms with van der Waals surface area (Å²) in [6.45, 7) is 4.28. The monoisotopic (exact) mass is 128 g/mol. The van der Waals surface area contributed by atoms with E-state index in [4.69, 9.17) is 0 Å². The molecule has 3 unspecified atom stereocenters. The van der Waals surface area contributed by atoms with Crippen molar-refractivity contribution >= 4 is 0 Å². The third-order valence-electron chi connectivity index (χ3n) is 2.60. The molecule has 54 valence electrons. The second-order valence-electron chi connectivity index (χ2n) is 3.19. The van der Waals surface area contributed by atoms with E-state index >= 15 is 0 Å². The number of aliphatic hydroxyl groups excluding tert-OH is 1. The molecule has 1 N–H and O–H groups in total. The molecular formula is C8H16O. The van der Waals surface area contributed by atoms with Crippen molar-refractivity contribution in [2.75, 3.05) is 0 Å². The Morgan fingerprint density at radius 2 is 2.22 bits per heavy atom. The van der Waals surface area contributed by atoms with Crippen LogP contribution in [0.15, 0.2) is 0 Å². The quantitative estimate of drug-likeness (QED) is 0.601. The van der Waals surface area contributed by atoms with Crippen LogP contribution < -0.4 is 0 Å². The summed E-state index contributed by atoms with van der Waals surface area (Å²) >= 11 is 0. The molecule has 0 spiro atoms. The van der Waals surface area contributed by atoms with Crippen LogP contribution in [0.3, 0.4) is 0 Å². The molecule has 1 heteroatoms. The van der Waals surface area contributed by atoms with Gasteiger partial charge in [-0.25, -0.2) is 0 Å². The van der Waals surface area contributed by atoms with Crippen molar-refractivity contribution in [1.29, 1.82) is 0 Å². The number of hydrogen-bond donors (Lipinski definition) is 1. The molecule has 0 bridgehead atoms. The minimum atomic E-state index is -0.0197. The van der Waals surface area contributed by atoms with Gasteiger partial charge in [-0.05, 0) is 31.1 Å². The minimum Gasteiger partial charge on any atom is -0.393 e. The first kappa shape index (κ1) is 7.07. The first-order chi connectivity index (χ1) is 4.25. The van der Waals surface area contributed by atoms with Gasteiger partial charge in [0.2, 0.25) is 0 Å². The molecule has 0 heterocycles. The van der Waals surface area contributed by atoms with Crippen molar-refractivity contribution in [1.82, 2.24) is 0 Å². The van der Waals surface area contributed by atoms with Gasteiger partial charge in [-0.2, -0.15) is 0 Å². The summed E-state index contributed by atoms with van der Waals surface area (Å²) < 4.78 is 0. The molecule has 1 nitrogen and oxygen atoms in total. The van der Waals surface area contributed by atoms with Gasteiger partial charge in [-0.3, -0.25) is 0 Å². The second-order valence-corrected chi connectivity index (χ2v) is 3.19. The molecule has 0 aliphatic heterocycles. The Labute approximate surface area is 57.1 Å². The lowest BCUT2D eigenvalue weighted by Gasteiger charge is -2.37. The smallest absolute Gasteiger partial charge is 0.0568 e. The molecular weight excluding hydrogens is 112 g/mol. The minimum absolute atomic E-state index is 0.0197. The van der Waals surface area contributed by atoms with Crippen molar-refractivity contribution < 1.29 is 5.11 Å². The summed E-state index contributed by atoms with van der Waals surface area (Å²) in [5.41, 5.74) is 0. The van der Waals surface area contributed by atoms with E-state index in [1.807, 2.05) is 0 Å².